The molecule has 142 valence electrons. The summed E-state index contributed by atoms with van der Waals surface area (Å²) in [7, 11) is 0. The molecule has 0 aromatic heterocycles. The van der Waals surface area contributed by atoms with Crippen LogP contribution in [0.4, 0.5) is 0 Å². The zero-order valence-electron chi connectivity index (χ0n) is 16.1. The molecule has 1 heterocycles. The number of ether oxygens (including phenoxy) is 2. The summed E-state index contributed by atoms with van der Waals surface area (Å²) in [5.74, 6) is 0.659. The summed E-state index contributed by atoms with van der Waals surface area (Å²) in [4.78, 5) is 11.0. The van der Waals surface area contributed by atoms with Crippen LogP contribution in [0.1, 0.15) is 67.9 Å². The minimum absolute atomic E-state index is 0.0524. The molecule has 1 N–H and O–H groups in total. The highest BCUT2D eigenvalue weighted by atomic mass is 16.5. The third-order valence-electron chi connectivity index (χ3n) is 5.59. The first-order valence-corrected chi connectivity index (χ1v) is 9.60. The van der Waals surface area contributed by atoms with Crippen molar-refractivity contribution in [3.05, 3.63) is 58.7 Å². The van der Waals surface area contributed by atoms with Gasteiger partial charge in [-0.3, -0.25) is 4.79 Å². The van der Waals surface area contributed by atoms with Gasteiger partial charge in [0.1, 0.15) is 17.6 Å². The maximum Gasteiger partial charge on any atom is 0.304 e. The summed E-state index contributed by atoms with van der Waals surface area (Å²) in [6, 6.07) is 12.3. The van der Waals surface area contributed by atoms with Gasteiger partial charge in [-0.05, 0) is 41.0 Å². The number of aliphatic carboxylic acids is 1. The number of carboxylic acids is 1. The van der Waals surface area contributed by atoms with Crippen LogP contribution in [-0.2, 0) is 16.6 Å². The fourth-order valence-electron chi connectivity index (χ4n) is 4.32. The predicted molar refractivity (Wildman–Crippen MR) is 104 cm³/mol. The van der Waals surface area contributed by atoms with Crippen LogP contribution in [0.3, 0.4) is 0 Å². The highest BCUT2D eigenvalue weighted by Crippen LogP contribution is 2.42. The largest absolute Gasteiger partial charge is 0.492 e. The van der Waals surface area contributed by atoms with E-state index in [0.29, 0.717) is 6.61 Å². The van der Waals surface area contributed by atoms with Crippen LogP contribution in [0.25, 0.3) is 0 Å². The maximum atomic E-state index is 11.0. The van der Waals surface area contributed by atoms with Gasteiger partial charge in [-0.25, -0.2) is 0 Å². The number of fused-ring (bicyclic) bond motifs is 2. The first-order valence-electron chi connectivity index (χ1n) is 9.60. The molecule has 1 unspecified atom stereocenters. The molecule has 1 aliphatic carbocycles. The van der Waals surface area contributed by atoms with E-state index in [1.54, 1.807) is 0 Å². The summed E-state index contributed by atoms with van der Waals surface area (Å²) in [6.45, 7) is 7.18. The van der Waals surface area contributed by atoms with Crippen molar-refractivity contribution in [2.75, 3.05) is 6.61 Å². The van der Waals surface area contributed by atoms with E-state index in [-0.39, 0.29) is 23.9 Å². The zero-order chi connectivity index (χ0) is 19.2. The van der Waals surface area contributed by atoms with Crippen LogP contribution < -0.4 is 9.47 Å². The van der Waals surface area contributed by atoms with Crippen molar-refractivity contribution in [1.82, 2.24) is 0 Å². The van der Waals surface area contributed by atoms with E-state index >= 15 is 0 Å². The van der Waals surface area contributed by atoms with E-state index in [2.05, 4.69) is 39.0 Å². The Labute approximate surface area is 160 Å². The topological polar surface area (TPSA) is 55.8 Å². The van der Waals surface area contributed by atoms with E-state index in [9.17, 15) is 4.79 Å². The molecule has 0 fully saturated rings. The molecule has 0 amide bonds. The minimum atomic E-state index is -0.797. The fourth-order valence-corrected chi connectivity index (χ4v) is 4.32. The van der Waals surface area contributed by atoms with E-state index in [0.717, 1.165) is 29.9 Å². The van der Waals surface area contributed by atoms with Crippen LogP contribution in [-0.4, -0.2) is 17.7 Å². The Hall–Kier alpha value is -2.49. The molecule has 2 atom stereocenters. The van der Waals surface area contributed by atoms with Gasteiger partial charge in [0.15, 0.2) is 0 Å². The molecule has 4 rings (SSSR count). The monoisotopic (exact) mass is 366 g/mol. The van der Waals surface area contributed by atoms with E-state index < -0.39 is 5.97 Å². The van der Waals surface area contributed by atoms with Gasteiger partial charge >= 0.3 is 5.97 Å². The van der Waals surface area contributed by atoms with Crippen molar-refractivity contribution < 1.29 is 19.4 Å². The lowest BCUT2D eigenvalue weighted by Gasteiger charge is -2.23. The molecule has 4 heteroatoms. The summed E-state index contributed by atoms with van der Waals surface area (Å²) in [6.07, 6.45) is 2.16. The zero-order valence-corrected chi connectivity index (χ0v) is 16.1. The minimum Gasteiger partial charge on any atom is -0.492 e. The van der Waals surface area contributed by atoms with Gasteiger partial charge in [0.25, 0.3) is 0 Å². The first-order chi connectivity index (χ1) is 12.8. The van der Waals surface area contributed by atoms with E-state index in [1.165, 1.54) is 16.7 Å². The Kier molecular flexibility index (Phi) is 4.37. The molecule has 1 aliphatic heterocycles. The molecule has 2 aliphatic rings. The van der Waals surface area contributed by atoms with Gasteiger partial charge < -0.3 is 14.6 Å². The van der Waals surface area contributed by atoms with Gasteiger partial charge in [-0.2, -0.15) is 0 Å². The number of hydrogen-bond acceptors (Lipinski definition) is 3. The number of hydrogen-bond donors (Lipinski definition) is 1. The fraction of sp³-hybridized carbons (Fsp3) is 0.435. The average molecular weight is 366 g/mol. The van der Waals surface area contributed by atoms with Gasteiger partial charge in [0.05, 0.1) is 13.0 Å². The highest BCUT2D eigenvalue weighted by Gasteiger charge is 2.31. The van der Waals surface area contributed by atoms with Crippen LogP contribution in [0, 0.1) is 0 Å². The molecule has 2 aromatic carbocycles. The number of rotatable bonds is 4. The molecule has 0 bridgehead atoms. The summed E-state index contributed by atoms with van der Waals surface area (Å²) in [5, 5.41) is 9.04. The molecule has 0 saturated carbocycles. The Morgan fingerprint density at radius 1 is 1.22 bits per heavy atom. The second-order valence-electron chi connectivity index (χ2n) is 8.57. The van der Waals surface area contributed by atoms with E-state index in [1.807, 2.05) is 18.2 Å². The molecule has 0 spiro atoms. The molecule has 4 nitrogen and oxygen atoms in total. The lowest BCUT2D eigenvalue weighted by atomic mass is 9.82. The van der Waals surface area contributed by atoms with Gasteiger partial charge in [0.2, 0.25) is 0 Å². The summed E-state index contributed by atoms with van der Waals surface area (Å²) < 4.78 is 12.0. The molecular formula is C23H26O4. The number of carbonyl (C=O) groups is 1. The standard InChI is InChI=1S/C23H26O4/c1-23(2,3)19-6-4-5-18-17(19)9-10-20(18)27-15-7-8-16-14(11-22(24)25)13-26-21(16)12-15/h4-8,12,14,20H,9-11,13H2,1-3H3,(H,24,25)/t14?,20-/m1/s1. The van der Waals surface area contributed by atoms with Crippen molar-refractivity contribution in [2.24, 2.45) is 0 Å². The quantitative estimate of drug-likeness (QED) is 0.827. The third kappa shape index (κ3) is 3.41. The van der Waals surface area contributed by atoms with Gasteiger partial charge in [0, 0.05) is 17.5 Å². The Morgan fingerprint density at radius 2 is 2.04 bits per heavy atom. The van der Waals surface area contributed by atoms with Crippen LogP contribution in [0.5, 0.6) is 11.5 Å². The van der Waals surface area contributed by atoms with Crippen molar-refractivity contribution >= 4 is 5.97 Å². The molecule has 0 saturated heterocycles. The van der Waals surface area contributed by atoms with Gasteiger partial charge in [-0.1, -0.05) is 45.0 Å². The summed E-state index contributed by atoms with van der Waals surface area (Å²) in [5.41, 5.74) is 5.20. The molecule has 0 radical (unpaired) electrons. The maximum absolute atomic E-state index is 11.0. The van der Waals surface area contributed by atoms with E-state index in [4.69, 9.17) is 14.6 Å². The van der Waals surface area contributed by atoms with Crippen LogP contribution in [0.15, 0.2) is 36.4 Å². The van der Waals surface area contributed by atoms with Crippen LogP contribution >= 0.6 is 0 Å². The Balaban J connectivity index is 1.55. The lowest BCUT2D eigenvalue weighted by Crippen LogP contribution is -2.14. The number of benzene rings is 2. The normalized spacial score (nSPS) is 20.7. The average Bonchev–Trinajstić information content (AvgIpc) is 3.18. The van der Waals surface area contributed by atoms with Crippen LogP contribution in [0.2, 0.25) is 0 Å². The molecule has 27 heavy (non-hydrogen) atoms. The predicted octanol–water partition coefficient (Wildman–Crippen LogP) is 5.00. The van der Waals surface area contributed by atoms with Crippen molar-refractivity contribution in [3.8, 4) is 11.5 Å². The SMILES string of the molecule is CC(C)(C)c1cccc2c1CC[C@H]2Oc1ccc2c(c1)OCC2CC(=O)O. The third-order valence-corrected chi connectivity index (χ3v) is 5.59. The molecular weight excluding hydrogens is 340 g/mol. The first kappa shape index (κ1) is 17.9. The van der Waals surface area contributed by atoms with Crippen molar-refractivity contribution in [2.45, 2.75) is 57.5 Å². The Bertz CT molecular complexity index is 878. The second-order valence-corrected chi connectivity index (χ2v) is 8.57. The molecule has 2 aromatic rings. The second kappa shape index (κ2) is 6.59. The smallest absolute Gasteiger partial charge is 0.304 e. The van der Waals surface area contributed by atoms with Gasteiger partial charge in [-0.15, -0.1) is 0 Å². The van der Waals surface area contributed by atoms with Crippen molar-refractivity contribution in [3.63, 3.8) is 0 Å². The number of carboxylic acid groups (broad SMARTS) is 1. The lowest BCUT2D eigenvalue weighted by molar-refractivity contribution is -0.137. The Morgan fingerprint density at radius 3 is 2.78 bits per heavy atom. The van der Waals surface area contributed by atoms with Crippen molar-refractivity contribution in [1.29, 1.82) is 0 Å². The summed E-state index contributed by atoms with van der Waals surface area (Å²) >= 11 is 0. The highest BCUT2D eigenvalue weighted by molar-refractivity contribution is 5.68.